The van der Waals surface area contributed by atoms with Crippen LogP contribution in [0.2, 0.25) is 0 Å². The van der Waals surface area contributed by atoms with Gasteiger partial charge in [-0.15, -0.1) is 0 Å². The molecule has 0 saturated heterocycles. The van der Waals surface area contributed by atoms with Crippen molar-refractivity contribution in [3.63, 3.8) is 0 Å². The van der Waals surface area contributed by atoms with Crippen LogP contribution < -0.4 is 0 Å². The van der Waals surface area contributed by atoms with Crippen LogP contribution in [0.15, 0.2) is 11.1 Å². The third-order valence-electron chi connectivity index (χ3n) is 2.30. The highest BCUT2D eigenvalue weighted by atomic mass is 16.2. The molecule has 1 rings (SSSR count). The predicted octanol–water partition coefficient (Wildman–Crippen LogP) is 2.26. The maximum atomic E-state index is 8.71. The molecule has 0 aromatic carbocycles. The third kappa shape index (κ3) is 1.60. The molecule has 1 N–H and O–H groups in total. The van der Waals surface area contributed by atoms with Gasteiger partial charge in [0.05, 0.1) is 0 Å². The molecular weight excluding hydrogens is 124 g/mol. The Labute approximate surface area is 62.8 Å². The van der Waals surface area contributed by atoms with E-state index in [-0.39, 0.29) is 0 Å². The first-order valence-electron chi connectivity index (χ1n) is 4.19. The van der Waals surface area contributed by atoms with E-state index in [0.29, 0.717) is 6.61 Å². The topological polar surface area (TPSA) is 20.2 Å². The number of allylic oxidation sites excluding steroid dienone is 1. The molecule has 58 valence electrons. The summed E-state index contributed by atoms with van der Waals surface area (Å²) in [4.78, 5) is 0. The van der Waals surface area contributed by atoms with Crippen LogP contribution in [0.5, 0.6) is 0 Å². The van der Waals surface area contributed by atoms with Crippen molar-refractivity contribution < 1.29 is 5.11 Å². The molecule has 10 heavy (non-hydrogen) atoms. The van der Waals surface area contributed by atoms with Crippen molar-refractivity contribution in [2.24, 2.45) is 0 Å². The fraction of sp³-hybridized carbons (Fsp3) is 0.778. The van der Waals surface area contributed by atoms with E-state index in [2.05, 4.69) is 6.92 Å². The Kier molecular flexibility index (Phi) is 2.94. The molecule has 0 aromatic heterocycles. The second-order valence-electron chi connectivity index (χ2n) is 2.89. The van der Waals surface area contributed by atoms with Crippen LogP contribution in [0.25, 0.3) is 0 Å². The zero-order valence-corrected chi connectivity index (χ0v) is 6.69. The van der Waals surface area contributed by atoms with Crippen molar-refractivity contribution in [1.29, 1.82) is 0 Å². The highest BCUT2D eigenvalue weighted by molar-refractivity contribution is 5.18. The second kappa shape index (κ2) is 3.77. The van der Waals surface area contributed by atoms with Gasteiger partial charge < -0.3 is 5.11 Å². The first-order chi connectivity index (χ1) is 4.88. The molecule has 1 aliphatic rings. The summed E-state index contributed by atoms with van der Waals surface area (Å²) >= 11 is 0. The average molecular weight is 140 g/mol. The van der Waals surface area contributed by atoms with Crippen LogP contribution >= 0.6 is 0 Å². The number of hydrogen-bond donors (Lipinski definition) is 1. The molecule has 1 aliphatic carbocycles. The van der Waals surface area contributed by atoms with E-state index in [4.69, 9.17) is 5.11 Å². The Bertz CT molecular complexity index is 136. The van der Waals surface area contributed by atoms with Crippen molar-refractivity contribution >= 4 is 0 Å². The first-order valence-corrected chi connectivity index (χ1v) is 4.19. The molecule has 0 amide bonds. The van der Waals surface area contributed by atoms with Crippen LogP contribution in [-0.2, 0) is 0 Å². The van der Waals surface area contributed by atoms with Gasteiger partial charge in [0.25, 0.3) is 0 Å². The Morgan fingerprint density at radius 3 is 2.60 bits per heavy atom. The van der Waals surface area contributed by atoms with Gasteiger partial charge in [0, 0.05) is 6.61 Å². The number of aliphatic hydroxyl groups is 1. The number of hydrogen-bond acceptors (Lipinski definition) is 1. The average Bonchev–Trinajstić information content (AvgIpc) is 2.36. The third-order valence-corrected chi connectivity index (χ3v) is 2.30. The second-order valence-corrected chi connectivity index (χ2v) is 2.89. The monoisotopic (exact) mass is 140 g/mol. The number of rotatable bonds is 3. The lowest BCUT2D eigenvalue weighted by molar-refractivity contribution is 0.298. The summed E-state index contributed by atoms with van der Waals surface area (Å²) in [6, 6.07) is 0. The molecule has 0 atom stereocenters. The van der Waals surface area contributed by atoms with Crippen LogP contribution in [0.3, 0.4) is 0 Å². The minimum atomic E-state index is 0.332. The molecule has 0 aliphatic heterocycles. The van der Waals surface area contributed by atoms with Crippen LogP contribution in [-0.4, -0.2) is 11.7 Å². The highest BCUT2D eigenvalue weighted by Gasteiger charge is 2.11. The van der Waals surface area contributed by atoms with Gasteiger partial charge in [0.2, 0.25) is 0 Å². The molecule has 1 heteroatoms. The molecule has 0 fully saturated rings. The zero-order chi connectivity index (χ0) is 7.40. The van der Waals surface area contributed by atoms with E-state index in [9.17, 15) is 0 Å². The van der Waals surface area contributed by atoms with Gasteiger partial charge in [-0.1, -0.05) is 18.1 Å². The fourth-order valence-corrected chi connectivity index (χ4v) is 1.73. The van der Waals surface area contributed by atoms with Crippen LogP contribution in [0.4, 0.5) is 0 Å². The van der Waals surface area contributed by atoms with Gasteiger partial charge in [0.15, 0.2) is 0 Å². The summed E-state index contributed by atoms with van der Waals surface area (Å²) in [6.45, 7) is 2.54. The lowest BCUT2D eigenvalue weighted by Gasteiger charge is -2.01. The lowest BCUT2D eigenvalue weighted by Crippen LogP contribution is -1.87. The largest absolute Gasteiger partial charge is 0.396 e. The predicted molar refractivity (Wildman–Crippen MR) is 42.9 cm³/mol. The standard InChI is InChI=1S/C9H16O/c1-2-8-4-3-5-9(8)6-7-10/h10H,2-7H2,1H3. The van der Waals surface area contributed by atoms with Crippen molar-refractivity contribution in [3.05, 3.63) is 11.1 Å². The lowest BCUT2D eigenvalue weighted by atomic mass is 10.1. The summed E-state index contributed by atoms with van der Waals surface area (Å²) < 4.78 is 0. The summed E-state index contributed by atoms with van der Waals surface area (Å²) in [5, 5.41) is 8.71. The molecule has 0 bridgehead atoms. The van der Waals surface area contributed by atoms with Crippen molar-refractivity contribution in [2.75, 3.05) is 6.61 Å². The first kappa shape index (κ1) is 7.80. The molecular formula is C9H16O. The van der Waals surface area contributed by atoms with Crippen molar-refractivity contribution in [3.8, 4) is 0 Å². The van der Waals surface area contributed by atoms with Crippen LogP contribution in [0.1, 0.15) is 39.0 Å². The molecule has 0 saturated carbocycles. The molecule has 1 nitrogen and oxygen atoms in total. The highest BCUT2D eigenvalue weighted by Crippen LogP contribution is 2.29. The van der Waals surface area contributed by atoms with Gasteiger partial charge in [-0.05, 0) is 32.1 Å². The normalized spacial score (nSPS) is 18.6. The Balaban J connectivity index is 2.50. The SMILES string of the molecule is CCC1=C(CCO)CCC1. The van der Waals surface area contributed by atoms with Crippen molar-refractivity contribution in [2.45, 2.75) is 39.0 Å². The molecule has 0 spiro atoms. The van der Waals surface area contributed by atoms with E-state index in [1.54, 1.807) is 5.57 Å². The molecule has 0 heterocycles. The zero-order valence-electron chi connectivity index (χ0n) is 6.69. The Morgan fingerprint density at radius 2 is 2.00 bits per heavy atom. The van der Waals surface area contributed by atoms with E-state index in [1.165, 1.54) is 31.3 Å². The molecule has 0 unspecified atom stereocenters. The smallest absolute Gasteiger partial charge is 0.0468 e. The summed E-state index contributed by atoms with van der Waals surface area (Å²) in [5.41, 5.74) is 3.14. The van der Waals surface area contributed by atoms with Gasteiger partial charge >= 0.3 is 0 Å². The maximum Gasteiger partial charge on any atom is 0.0468 e. The Morgan fingerprint density at radius 1 is 1.30 bits per heavy atom. The van der Waals surface area contributed by atoms with Gasteiger partial charge in [0.1, 0.15) is 0 Å². The van der Waals surface area contributed by atoms with Crippen LogP contribution in [0, 0.1) is 0 Å². The fourth-order valence-electron chi connectivity index (χ4n) is 1.73. The van der Waals surface area contributed by atoms with E-state index in [1.807, 2.05) is 0 Å². The van der Waals surface area contributed by atoms with E-state index in [0.717, 1.165) is 6.42 Å². The van der Waals surface area contributed by atoms with Gasteiger partial charge in [-0.25, -0.2) is 0 Å². The van der Waals surface area contributed by atoms with E-state index >= 15 is 0 Å². The molecule has 0 radical (unpaired) electrons. The minimum absolute atomic E-state index is 0.332. The number of aliphatic hydroxyl groups excluding tert-OH is 1. The maximum absolute atomic E-state index is 8.71. The quantitative estimate of drug-likeness (QED) is 0.596. The van der Waals surface area contributed by atoms with Gasteiger partial charge in [-0.2, -0.15) is 0 Å². The summed E-state index contributed by atoms with van der Waals surface area (Å²) in [5.74, 6) is 0. The van der Waals surface area contributed by atoms with E-state index < -0.39 is 0 Å². The van der Waals surface area contributed by atoms with Gasteiger partial charge in [-0.3, -0.25) is 0 Å². The summed E-state index contributed by atoms with van der Waals surface area (Å²) in [6.07, 6.45) is 5.95. The molecule has 0 aromatic rings. The summed E-state index contributed by atoms with van der Waals surface area (Å²) in [7, 11) is 0. The Hall–Kier alpha value is -0.300. The van der Waals surface area contributed by atoms with Crippen molar-refractivity contribution in [1.82, 2.24) is 0 Å². The minimum Gasteiger partial charge on any atom is -0.396 e.